The fourth-order valence-corrected chi connectivity index (χ4v) is 1.88. The number of carboxylic acids is 1. The quantitative estimate of drug-likeness (QED) is 0.622. The van der Waals surface area contributed by atoms with E-state index in [0.29, 0.717) is 11.1 Å². The summed E-state index contributed by atoms with van der Waals surface area (Å²) in [7, 11) is 0. The van der Waals surface area contributed by atoms with Gasteiger partial charge in [0.2, 0.25) is 5.91 Å². The summed E-state index contributed by atoms with van der Waals surface area (Å²) in [6.45, 7) is 3.35. The summed E-state index contributed by atoms with van der Waals surface area (Å²) < 4.78 is 4.91. The molecule has 0 atom stereocenters. The summed E-state index contributed by atoms with van der Waals surface area (Å²) in [6, 6.07) is 3.35. The van der Waals surface area contributed by atoms with Crippen molar-refractivity contribution >= 4 is 17.8 Å². The van der Waals surface area contributed by atoms with Crippen LogP contribution in [0.4, 0.5) is 0 Å². The van der Waals surface area contributed by atoms with E-state index in [1.54, 1.807) is 26.0 Å². The Hall–Kier alpha value is -2.41. The lowest BCUT2D eigenvalue weighted by molar-refractivity contribution is -0.122. The van der Waals surface area contributed by atoms with Gasteiger partial charge >= 0.3 is 5.97 Å². The number of aromatic carboxylic acids is 1. The van der Waals surface area contributed by atoms with E-state index in [-0.39, 0.29) is 30.9 Å². The Morgan fingerprint density at radius 2 is 1.76 bits per heavy atom. The number of primary amides is 1. The molecule has 1 aromatic carbocycles. The topological polar surface area (TPSA) is 119 Å². The van der Waals surface area contributed by atoms with Crippen LogP contribution in [0.3, 0.4) is 0 Å². The maximum absolute atomic E-state index is 12.1. The summed E-state index contributed by atoms with van der Waals surface area (Å²) in [4.78, 5) is 33.9. The predicted octanol–water partition coefficient (Wildman–Crippen LogP) is 0.233. The van der Waals surface area contributed by atoms with Gasteiger partial charge in [-0.1, -0.05) is 12.1 Å². The van der Waals surface area contributed by atoms with Gasteiger partial charge in [-0.3, -0.25) is 9.59 Å². The highest BCUT2D eigenvalue weighted by Crippen LogP contribution is 2.18. The molecule has 2 amide bonds. The molecule has 0 heterocycles. The van der Waals surface area contributed by atoms with E-state index < -0.39 is 17.8 Å². The Bertz CT molecular complexity index is 569. The fourth-order valence-electron chi connectivity index (χ4n) is 1.88. The molecule has 0 fully saturated rings. The SMILES string of the molecule is Cc1ccc(C)c(C(=O)NCCOCC(N)=O)c1C(=O)O. The second-order valence-corrected chi connectivity index (χ2v) is 4.53. The van der Waals surface area contributed by atoms with Crippen molar-refractivity contribution in [1.82, 2.24) is 5.32 Å². The van der Waals surface area contributed by atoms with Gasteiger partial charge in [-0.05, 0) is 25.0 Å². The number of nitrogens with two attached hydrogens (primary N) is 1. The molecule has 21 heavy (non-hydrogen) atoms. The Morgan fingerprint density at radius 1 is 1.19 bits per heavy atom. The number of benzene rings is 1. The van der Waals surface area contributed by atoms with Crippen LogP contribution in [0.5, 0.6) is 0 Å². The molecule has 0 aliphatic rings. The van der Waals surface area contributed by atoms with Crippen molar-refractivity contribution in [3.05, 3.63) is 34.4 Å². The fraction of sp³-hybridized carbons (Fsp3) is 0.357. The zero-order chi connectivity index (χ0) is 16.0. The number of amides is 2. The van der Waals surface area contributed by atoms with Crippen LogP contribution in [-0.2, 0) is 9.53 Å². The molecule has 0 saturated carbocycles. The third-order valence-electron chi connectivity index (χ3n) is 2.84. The molecule has 0 unspecified atom stereocenters. The van der Waals surface area contributed by atoms with Crippen molar-refractivity contribution in [2.45, 2.75) is 13.8 Å². The molecule has 1 rings (SSSR count). The predicted molar refractivity (Wildman–Crippen MR) is 75.2 cm³/mol. The second kappa shape index (κ2) is 7.39. The standard InChI is InChI=1S/C14H18N2O5/c1-8-3-4-9(2)12(14(19)20)11(8)13(18)16-5-6-21-7-10(15)17/h3-4H,5-7H2,1-2H3,(H2,15,17)(H,16,18)(H,19,20). The van der Waals surface area contributed by atoms with E-state index in [1.165, 1.54) is 0 Å². The van der Waals surface area contributed by atoms with E-state index in [9.17, 15) is 19.5 Å². The minimum absolute atomic E-state index is 0.00875. The van der Waals surface area contributed by atoms with Crippen molar-refractivity contribution in [2.75, 3.05) is 19.8 Å². The first kappa shape index (κ1) is 16.6. The molecule has 7 nitrogen and oxygen atoms in total. The van der Waals surface area contributed by atoms with Crippen LogP contribution in [0.1, 0.15) is 31.8 Å². The minimum atomic E-state index is -1.15. The van der Waals surface area contributed by atoms with Crippen molar-refractivity contribution in [1.29, 1.82) is 0 Å². The second-order valence-electron chi connectivity index (χ2n) is 4.53. The monoisotopic (exact) mass is 294 g/mol. The van der Waals surface area contributed by atoms with E-state index in [1.807, 2.05) is 0 Å². The zero-order valence-electron chi connectivity index (χ0n) is 11.9. The summed E-state index contributed by atoms with van der Waals surface area (Å²) in [5.74, 6) is -2.23. The Labute approximate surface area is 122 Å². The number of rotatable bonds is 7. The third kappa shape index (κ3) is 4.57. The average molecular weight is 294 g/mol. The van der Waals surface area contributed by atoms with E-state index >= 15 is 0 Å². The molecule has 114 valence electrons. The van der Waals surface area contributed by atoms with Crippen molar-refractivity contribution < 1.29 is 24.2 Å². The van der Waals surface area contributed by atoms with Crippen molar-refractivity contribution in [3.63, 3.8) is 0 Å². The Kier molecular flexibility index (Phi) is 5.86. The minimum Gasteiger partial charge on any atom is -0.478 e. The van der Waals surface area contributed by atoms with E-state index in [2.05, 4.69) is 5.32 Å². The van der Waals surface area contributed by atoms with Crippen LogP contribution in [0, 0.1) is 13.8 Å². The third-order valence-corrected chi connectivity index (χ3v) is 2.84. The highest BCUT2D eigenvalue weighted by atomic mass is 16.5. The van der Waals surface area contributed by atoms with Crippen LogP contribution in [0.15, 0.2) is 12.1 Å². The number of hydrogen-bond donors (Lipinski definition) is 3. The summed E-state index contributed by atoms with van der Waals surface area (Å²) in [6.07, 6.45) is 0. The lowest BCUT2D eigenvalue weighted by Crippen LogP contribution is -2.30. The number of hydrogen-bond acceptors (Lipinski definition) is 4. The zero-order valence-corrected chi connectivity index (χ0v) is 11.9. The molecule has 0 saturated heterocycles. The van der Waals surface area contributed by atoms with Gasteiger partial charge in [0.05, 0.1) is 17.7 Å². The van der Waals surface area contributed by atoms with Gasteiger partial charge in [-0.25, -0.2) is 4.79 Å². The van der Waals surface area contributed by atoms with Gasteiger partial charge in [-0.15, -0.1) is 0 Å². The Balaban J connectivity index is 2.76. The highest BCUT2D eigenvalue weighted by Gasteiger charge is 2.20. The summed E-state index contributed by atoms with van der Waals surface area (Å²) in [5, 5.41) is 11.8. The maximum Gasteiger partial charge on any atom is 0.336 e. The molecule has 0 spiro atoms. The molecule has 0 radical (unpaired) electrons. The van der Waals surface area contributed by atoms with Crippen LogP contribution in [-0.4, -0.2) is 42.6 Å². The lowest BCUT2D eigenvalue weighted by Gasteiger charge is -2.12. The number of nitrogens with one attached hydrogen (secondary N) is 1. The van der Waals surface area contributed by atoms with Crippen LogP contribution in [0.2, 0.25) is 0 Å². The van der Waals surface area contributed by atoms with E-state index in [4.69, 9.17) is 10.5 Å². The molecule has 4 N–H and O–H groups in total. The first-order valence-corrected chi connectivity index (χ1v) is 6.32. The number of aryl methyl sites for hydroxylation is 2. The number of carbonyl (C=O) groups excluding carboxylic acids is 2. The maximum atomic E-state index is 12.1. The number of carboxylic acid groups (broad SMARTS) is 1. The normalized spacial score (nSPS) is 10.2. The lowest BCUT2D eigenvalue weighted by atomic mass is 9.96. The number of carbonyl (C=O) groups is 3. The molecule has 7 heteroatoms. The molecular weight excluding hydrogens is 276 g/mol. The van der Waals surface area contributed by atoms with Gasteiger partial charge in [0, 0.05) is 6.54 Å². The van der Waals surface area contributed by atoms with Crippen molar-refractivity contribution in [3.8, 4) is 0 Å². The van der Waals surface area contributed by atoms with Crippen LogP contribution in [0.25, 0.3) is 0 Å². The molecular formula is C14H18N2O5. The highest BCUT2D eigenvalue weighted by molar-refractivity contribution is 6.06. The van der Waals surface area contributed by atoms with Crippen molar-refractivity contribution in [2.24, 2.45) is 5.73 Å². The Morgan fingerprint density at radius 3 is 2.29 bits per heavy atom. The van der Waals surface area contributed by atoms with Gasteiger partial charge in [-0.2, -0.15) is 0 Å². The van der Waals surface area contributed by atoms with Crippen LogP contribution < -0.4 is 11.1 Å². The molecule has 0 aliphatic heterocycles. The van der Waals surface area contributed by atoms with E-state index in [0.717, 1.165) is 0 Å². The molecule has 0 aromatic heterocycles. The molecule has 0 aliphatic carbocycles. The largest absolute Gasteiger partial charge is 0.478 e. The molecule has 0 bridgehead atoms. The number of ether oxygens (including phenoxy) is 1. The van der Waals surface area contributed by atoms with Crippen LogP contribution >= 0.6 is 0 Å². The average Bonchev–Trinajstić information content (AvgIpc) is 2.39. The van der Waals surface area contributed by atoms with Gasteiger partial charge in [0.1, 0.15) is 6.61 Å². The van der Waals surface area contributed by atoms with Gasteiger partial charge in [0.15, 0.2) is 0 Å². The first-order chi connectivity index (χ1) is 9.84. The first-order valence-electron chi connectivity index (χ1n) is 6.32. The smallest absolute Gasteiger partial charge is 0.336 e. The van der Waals surface area contributed by atoms with Gasteiger partial charge in [0.25, 0.3) is 5.91 Å². The van der Waals surface area contributed by atoms with Gasteiger partial charge < -0.3 is 20.9 Å². The molecule has 1 aromatic rings. The summed E-state index contributed by atoms with van der Waals surface area (Å²) >= 11 is 0. The summed E-state index contributed by atoms with van der Waals surface area (Å²) in [5.41, 5.74) is 6.12.